The maximum Gasteiger partial charge on any atom is 0.202 e. The molecule has 0 aliphatic rings. The van der Waals surface area contributed by atoms with Gasteiger partial charge in [0.15, 0.2) is 6.19 Å². The summed E-state index contributed by atoms with van der Waals surface area (Å²) < 4.78 is 0. The molecule has 4 nitrogen and oxygen atoms in total. The molecule has 0 radical (unpaired) electrons. The fraction of sp³-hybridized carbons (Fsp3) is 0.714. The van der Waals surface area contributed by atoms with Gasteiger partial charge in [0, 0.05) is 0 Å². The summed E-state index contributed by atoms with van der Waals surface area (Å²) in [7, 11) is 0. The van der Waals surface area contributed by atoms with Crippen molar-refractivity contribution in [3.8, 4) is 6.19 Å². The highest BCUT2D eigenvalue weighted by atomic mass is 15.3. The number of nitrogens with one attached hydrogen (secondary N) is 1. The van der Waals surface area contributed by atoms with E-state index < -0.39 is 0 Å². The molecule has 3 N–H and O–H groups in total. The highest BCUT2D eigenvalue weighted by Crippen LogP contribution is 2.16. The van der Waals surface area contributed by atoms with Gasteiger partial charge in [-0.15, -0.1) is 0 Å². The van der Waals surface area contributed by atoms with Crippen LogP contribution in [0.15, 0.2) is 0 Å². The molecule has 0 aliphatic heterocycles. The van der Waals surface area contributed by atoms with Crippen LogP contribution in [0, 0.1) is 16.9 Å². The Balaban J connectivity index is 4.53. The molecule has 62 valence electrons. The van der Waals surface area contributed by atoms with Gasteiger partial charge in [0.1, 0.15) is 0 Å². The zero-order valence-corrected chi connectivity index (χ0v) is 7.18. The normalized spacial score (nSPS) is 10.4. The van der Waals surface area contributed by atoms with E-state index in [0.29, 0.717) is 0 Å². The summed E-state index contributed by atoms with van der Waals surface area (Å²) in [6.07, 6.45) is 2.65. The summed E-state index contributed by atoms with van der Waals surface area (Å²) in [6, 6.07) is 0. The molecule has 0 bridgehead atoms. The molecule has 0 heterocycles. The van der Waals surface area contributed by atoms with E-state index in [9.17, 15) is 0 Å². The number of hydrogen-bond donors (Lipinski definition) is 2. The van der Waals surface area contributed by atoms with Crippen LogP contribution in [0.3, 0.4) is 0 Å². The lowest BCUT2D eigenvalue weighted by atomic mass is 10.0. The second-order valence-electron chi connectivity index (χ2n) is 2.99. The first-order chi connectivity index (χ1) is 4.95. The van der Waals surface area contributed by atoms with E-state index in [1.165, 1.54) is 4.90 Å². The molecule has 0 fully saturated rings. The first kappa shape index (κ1) is 9.76. The third-order valence-corrected chi connectivity index (χ3v) is 1.81. The Kier molecular flexibility index (Phi) is 2.87. The largest absolute Gasteiger partial charge is 0.369 e. The van der Waals surface area contributed by atoms with E-state index in [-0.39, 0.29) is 11.5 Å². The number of rotatable bonds is 2. The van der Waals surface area contributed by atoms with Crippen LogP contribution in [-0.2, 0) is 0 Å². The molecule has 0 unspecified atom stereocenters. The van der Waals surface area contributed by atoms with Crippen LogP contribution in [0.2, 0.25) is 0 Å². The Hall–Kier alpha value is -1.24. The fourth-order valence-corrected chi connectivity index (χ4v) is 0.673. The first-order valence-electron chi connectivity index (χ1n) is 3.49. The van der Waals surface area contributed by atoms with Gasteiger partial charge in [-0.3, -0.25) is 5.41 Å². The van der Waals surface area contributed by atoms with Crippen molar-refractivity contribution < 1.29 is 0 Å². The Morgan fingerprint density at radius 1 is 1.73 bits per heavy atom. The summed E-state index contributed by atoms with van der Waals surface area (Å²) in [5, 5.41) is 15.7. The smallest absolute Gasteiger partial charge is 0.202 e. The summed E-state index contributed by atoms with van der Waals surface area (Å²) in [5.74, 6) is -0.195. The molecule has 0 saturated heterocycles. The van der Waals surface area contributed by atoms with Crippen LogP contribution in [0.4, 0.5) is 0 Å². The number of hydrogen-bond acceptors (Lipinski definition) is 2. The van der Waals surface area contributed by atoms with Crippen molar-refractivity contribution in [2.24, 2.45) is 5.73 Å². The van der Waals surface area contributed by atoms with Crippen LogP contribution in [0.5, 0.6) is 0 Å². The maximum atomic E-state index is 8.62. The Morgan fingerprint density at radius 3 is 2.27 bits per heavy atom. The van der Waals surface area contributed by atoms with Crippen LogP contribution >= 0.6 is 0 Å². The van der Waals surface area contributed by atoms with Crippen molar-refractivity contribution >= 4 is 5.96 Å². The number of nitriles is 1. The van der Waals surface area contributed by atoms with Gasteiger partial charge < -0.3 is 5.73 Å². The molecular formula is C7H14N4. The molecule has 0 amide bonds. The van der Waals surface area contributed by atoms with Crippen LogP contribution < -0.4 is 5.73 Å². The van der Waals surface area contributed by atoms with Gasteiger partial charge in [-0.25, -0.2) is 4.90 Å². The minimum Gasteiger partial charge on any atom is -0.369 e. The average molecular weight is 154 g/mol. The lowest BCUT2D eigenvalue weighted by molar-refractivity contribution is 0.279. The Bertz CT molecular complexity index is 189. The first-order valence-corrected chi connectivity index (χ1v) is 3.49. The van der Waals surface area contributed by atoms with E-state index >= 15 is 0 Å². The summed E-state index contributed by atoms with van der Waals surface area (Å²) >= 11 is 0. The van der Waals surface area contributed by atoms with Crippen LogP contribution in [0.25, 0.3) is 0 Å². The molecule has 11 heavy (non-hydrogen) atoms. The van der Waals surface area contributed by atoms with Gasteiger partial charge in [-0.2, -0.15) is 5.26 Å². The van der Waals surface area contributed by atoms with Crippen LogP contribution in [0.1, 0.15) is 27.2 Å². The number of nitrogens with zero attached hydrogens (tertiary/aromatic N) is 2. The molecular weight excluding hydrogens is 140 g/mol. The maximum absolute atomic E-state index is 8.62. The van der Waals surface area contributed by atoms with E-state index in [1.54, 1.807) is 0 Å². The molecule has 0 aromatic heterocycles. The second kappa shape index (κ2) is 3.24. The molecule has 0 saturated carbocycles. The van der Waals surface area contributed by atoms with Gasteiger partial charge in [-0.05, 0) is 20.3 Å². The zero-order chi connectivity index (χ0) is 9.07. The van der Waals surface area contributed by atoms with E-state index in [2.05, 4.69) is 0 Å². The third kappa shape index (κ3) is 2.11. The summed E-state index contributed by atoms with van der Waals surface area (Å²) in [4.78, 5) is 1.20. The minimum atomic E-state index is -0.347. The van der Waals surface area contributed by atoms with Gasteiger partial charge in [0.05, 0.1) is 5.54 Å². The second-order valence-corrected chi connectivity index (χ2v) is 2.99. The average Bonchev–Trinajstić information content (AvgIpc) is 1.88. The summed E-state index contributed by atoms with van der Waals surface area (Å²) in [5.41, 5.74) is 4.85. The molecule has 0 rings (SSSR count). The monoisotopic (exact) mass is 154 g/mol. The predicted octanol–water partition coefficient (Wildman–Crippen LogP) is 0.852. The molecule has 0 aromatic carbocycles. The lowest BCUT2D eigenvalue weighted by Gasteiger charge is -2.31. The van der Waals surface area contributed by atoms with Crippen molar-refractivity contribution in [2.75, 3.05) is 0 Å². The predicted molar refractivity (Wildman–Crippen MR) is 43.7 cm³/mol. The fourth-order valence-electron chi connectivity index (χ4n) is 0.673. The molecule has 0 aliphatic carbocycles. The SMILES string of the molecule is CCC(C)(C)N(C#N)C(=N)N. The van der Waals surface area contributed by atoms with E-state index in [4.69, 9.17) is 16.4 Å². The van der Waals surface area contributed by atoms with Gasteiger partial charge in [-0.1, -0.05) is 6.92 Å². The Morgan fingerprint density at radius 2 is 2.18 bits per heavy atom. The minimum absolute atomic E-state index is 0.195. The quantitative estimate of drug-likeness (QED) is 0.268. The van der Waals surface area contributed by atoms with Crippen molar-refractivity contribution in [1.82, 2.24) is 4.90 Å². The van der Waals surface area contributed by atoms with E-state index in [1.807, 2.05) is 27.0 Å². The van der Waals surface area contributed by atoms with Gasteiger partial charge in [0.25, 0.3) is 0 Å². The molecule has 0 spiro atoms. The lowest BCUT2D eigenvalue weighted by Crippen LogP contribution is -2.47. The van der Waals surface area contributed by atoms with Crippen molar-refractivity contribution in [2.45, 2.75) is 32.7 Å². The number of guanidine groups is 1. The van der Waals surface area contributed by atoms with Gasteiger partial charge in [0.2, 0.25) is 5.96 Å². The topological polar surface area (TPSA) is 76.9 Å². The van der Waals surface area contributed by atoms with Crippen molar-refractivity contribution in [3.63, 3.8) is 0 Å². The van der Waals surface area contributed by atoms with Crippen LogP contribution in [-0.4, -0.2) is 16.4 Å². The molecule has 0 atom stereocenters. The van der Waals surface area contributed by atoms with Crippen molar-refractivity contribution in [1.29, 1.82) is 10.7 Å². The number of nitrogens with two attached hydrogens (primary N) is 1. The highest BCUT2D eigenvalue weighted by molar-refractivity contribution is 5.77. The third-order valence-electron chi connectivity index (χ3n) is 1.81. The summed E-state index contributed by atoms with van der Waals surface area (Å²) in [6.45, 7) is 5.70. The van der Waals surface area contributed by atoms with Gasteiger partial charge >= 0.3 is 0 Å². The standard InChI is InChI=1S/C7H14N4/c1-4-7(2,3)11(5-8)6(9)10/h4H2,1-3H3,(H3,9,10). The Labute approximate surface area is 67.1 Å². The zero-order valence-electron chi connectivity index (χ0n) is 7.18. The molecule has 4 heteroatoms. The molecule has 0 aromatic rings. The highest BCUT2D eigenvalue weighted by Gasteiger charge is 2.25. The van der Waals surface area contributed by atoms with E-state index in [0.717, 1.165) is 6.42 Å². The van der Waals surface area contributed by atoms with Crippen molar-refractivity contribution in [3.05, 3.63) is 0 Å².